The fourth-order valence-corrected chi connectivity index (χ4v) is 2.50. The zero-order valence-electron chi connectivity index (χ0n) is 12.0. The first-order chi connectivity index (χ1) is 10.1. The van der Waals surface area contributed by atoms with Gasteiger partial charge in [0.1, 0.15) is 5.82 Å². The third kappa shape index (κ3) is 4.45. The summed E-state index contributed by atoms with van der Waals surface area (Å²) in [4.78, 5) is 2.04. The summed E-state index contributed by atoms with van der Waals surface area (Å²) in [6.07, 6.45) is -0.0173. The van der Waals surface area contributed by atoms with E-state index in [-0.39, 0.29) is 5.82 Å². The van der Waals surface area contributed by atoms with Crippen molar-refractivity contribution in [2.45, 2.75) is 19.4 Å². The first-order valence-electron chi connectivity index (χ1n) is 7.04. The fraction of sp³-hybridized carbons (Fsp3) is 0.294. The van der Waals surface area contributed by atoms with E-state index in [1.807, 2.05) is 30.0 Å². The van der Waals surface area contributed by atoms with Crippen molar-refractivity contribution in [1.29, 1.82) is 0 Å². The number of halogens is 2. The zero-order chi connectivity index (χ0) is 15.2. The Balaban J connectivity index is 2.00. The number of aliphatic hydroxyl groups is 1. The maximum atomic E-state index is 13.3. The summed E-state index contributed by atoms with van der Waals surface area (Å²) in [6.45, 7) is 3.41. The van der Waals surface area contributed by atoms with Crippen LogP contribution in [-0.4, -0.2) is 18.2 Å². The SMILES string of the molecule is CCN(CCC(O)c1cccc(Cl)c1)c1cccc(F)c1. The van der Waals surface area contributed by atoms with Crippen molar-refractivity contribution in [2.24, 2.45) is 0 Å². The van der Waals surface area contributed by atoms with E-state index in [2.05, 4.69) is 0 Å². The van der Waals surface area contributed by atoms with Crippen LogP contribution in [-0.2, 0) is 0 Å². The van der Waals surface area contributed by atoms with Crippen molar-refractivity contribution in [1.82, 2.24) is 0 Å². The predicted molar refractivity (Wildman–Crippen MR) is 85.3 cm³/mol. The number of hydrogen-bond acceptors (Lipinski definition) is 2. The second kappa shape index (κ2) is 7.43. The number of hydrogen-bond donors (Lipinski definition) is 1. The molecule has 0 fully saturated rings. The Kier molecular flexibility index (Phi) is 5.59. The molecule has 1 atom stereocenters. The molecule has 0 aliphatic heterocycles. The third-order valence-electron chi connectivity index (χ3n) is 3.46. The Morgan fingerprint density at radius 3 is 2.62 bits per heavy atom. The Labute approximate surface area is 129 Å². The van der Waals surface area contributed by atoms with Crippen LogP contribution in [0.3, 0.4) is 0 Å². The van der Waals surface area contributed by atoms with Crippen LogP contribution in [0, 0.1) is 5.82 Å². The minimum atomic E-state index is -0.577. The second-order valence-corrected chi connectivity index (χ2v) is 5.36. The number of nitrogens with zero attached hydrogens (tertiary/aromatic N) is 1. The van der Waals surface area contributed by atoms with Crippen LogP contribution >= 0.6 is 11.6 Å². The minimum absolute atomic E-state index is 0.249. The van der Waals surface area contributed by atoms with Crippen LogP contribution in [0.15, 0.2) is 48.5 Å². The van der Waals surface area contributed by atoms with E-state index >= 15 is 0 Å². The lowest BCUT2D eigenvalue weighted by atomic mass is 10.1. The molecule has 0 amide bonds. The molecule has 0 aromatic heterocycles. The van der Waals surface area contributed by atoms with E-state index in [4.69, 9.17) is 11.6 Å². The van der Waals surface area contributed by atoms with Crippen LogP contribution in [0.1, 0.15) is 25.0 Å². The first-order valence-corrected chi connectivity index (χ1v) is 7.42. The molecule has 2 nitrogen and oxygen atoms in total. The van der Waals surface area contributed by atoms with Gasteiger partial charge in [-0.25, -0.2) is 4.39 Å². The molecule has 112 valence electrons. The first kappa shape index (κ1) is 15.8. The van der Waals surface area contributed by atoms with Gasteiger partial charge in [0, 0.05) is 23.8 Å². The summed E-state index contributed by atoms with van der Waals surface area (Å²) in [6, 6.07) is 13.7. The highest BCUT2D eigenvalue weighted by atomic mass is 35.5. The van der Waals surface area contributed by atoms with Gasteiger partial charge in [0.05, 0.1) is 6.10 Å². The van der Waals surface area contributed by atoms with Crippen LogP contribution in [0.4, 0.5) is 10.1 Å². The molecule has 0 aliphatic rings. The van der Waals surface area contributed by atoms with Gasteiger partial charge in [0.15, 0.2) is 0 Å². The van der Waals surface area contributed by atoms with Gasteiger partial charge in [-0.05, 0) is 49.2 Å². The normalized spacial score (nSPS) is 12.2. The topological polar surface area (TPSA) is 23.5 Å². The number of rotatable bonds is 6. The molecule has 0 aliphatic carbocycles. The van der Waals surface area contributed by atoms with Gasteiger partial charge in [-0.1, -0.05) is 29.8 Å². The molecule has 0 radical (unpaired) electrons. The van der Waals surface area contributed by atoms with E-state index < -0.39 is 6.10 Å². The molecule has 2 aromatic rings. The Morgan fingerprint density at radius 1 is 1.19 bits per heavy atom. The van der Waals surface area contributed by atoms with Gasteiger partial charge < -0.3 is 10.0 Å². The summed E-state index contributed by atoms with van der Waals surface area (Å²) < 4.78 is 13.3. The molecule has 0 heterocycles. The lowest BCUT2D eigenvalue weighted by Gasteiger charge is -2.24. The van der Waals surface area contributed by atoms with Crippen molar-refractivity contribution >= 4 is 17.3 Å². The highest BCUT2D eigenvalue weighted by molar-refractivity contribution is 6.30. The molecular weight excluding hydrogens is 289 g/mol. The fourth-order valence-electron chi connectivity index (χ4n) is 2.30. The molecule has 1 unspecified atom stereocenters. The maximum Gasteiger partial charge on any atom is 0.125 e. The summed E-state index contributed by atoms with van der Waals surface area (Å²) in [5.41, 5.74) is 1.63. The lowest BCUT2D eigenvalue weighted by molar-refractivity contribution is 0.169. The largest absolute Gasteiger partial charge is 0.388 e. The predicted octanol–water partition coefficient (Wildman–Crippen LogP) is 4.43. The standard InChI is InChI=1S/C17H19ClFNO/c1-2-20(16-8-4-7-15(19)12-16)10-9-17(21)13-5-3-6-14(18)11-13/h3-8,11-12,17,21H,2,9-10H2,1H3. The Hall–Kier alpha value is -1.58. The number of anilines is 1. The molecule has 1 N–H and O–H groups in total. The molecule has 4 heteroatoms. The molecule has 0 spiro atoms. The zero-order valence-corrected chi connectivity index (χ0v) is 12.7. The Bertz CT molecular complexity index is 591. The van der Waals surface area contributed by atoms with Crippen molar-refractivity contribution in [3.63, 3.8) is 0 Å². The summed E-state index contributed by atoms with van der Waals surface area (Å²) in [5.74, 6) is -0.249. The van der Waals surface area contributed by atoms with E-state index in [1.54, 1.807) is 18.2 Å². The molecule has 0 bridgehead atoms. The van der Waals surface area contributed by atoms with Crippen LogP contribution in [0.5, 0.6) is 0 Å². The maximum absolute atomic E-state index is 13.3. The molecule has 2 rings (SSSR count). The highest BCUT2D eigenvalue weighted by Gasteiger charge is 2.11. The molecule has 2 aromatic carbocycles. The van der Waals surface area contributed by atoms with Crippen LogP contribution in [0.25, 0.3) is 0 Å². The third-order valence-corrected chi connectivity index (χ3v) is 3.70. The van der Waals surface area contributed by atoms with Gasteiger partial charge in [-0.15, -0.1) is 0 Å². The van der Waals surface area contributed by atoms with Crippen molar-refractivity contribution in [3.05, 3.63) is 64.9 Å². The van der Waals surface area contributed by atoms with E-state index in [1.165, 1.54) is 12.1 Å². The lowest BCUT2D eigenvalue weighted by Crippen LogP contribution is -2.25. The van der Waals surface area contributed by atoms with Gasteiger partial charge in [0.2, 0.25) is 0 Å². The Morgan fingerprint density at radius 2 is 1.95 bits per heavy atom. The average molecular weight is 308 g/mol. The number of aliphatic hydroxyl groups excluding tert-OH is 1. The van der Waals surface area contributed by atoms with E-state index in [0.29, 0.717) is 18.0 Å². The molecule has 21 heavy (non-hydrogen) atoms. The number of benzene rings is 2. The summed E-state index contributed by atoms with van der Waals surface area (Å²) in [5, 5.41) is 10.8. The van der Waals surface area contributed by atoms with E-state index in [0.717, 1.165) is 17.8 Å². The molecular formula is C17H19ClFNO. The van der Waals surface area contributed by atoms with Gasteiger partial charge >= 0.3 is 0 Å². The van der Waals surface area contributed by atoms with Gasteiger partial charge in [0.25, 0.3) is 0 Å². The highest BCUT2D eigenvalue weighted by Crippen LogP contribution is 2.22. The molecule has 0 saturated heterocycles. The van der Waals surface area contributed by atoms with Crippen molar-refractivity contribution in [3.8, 4) is 0 Å². The molecule has 0 saturated carbocycles. The second-order valence-electron chi connectivity index (χ2n) is 4.92. The summed E-state index contributed by atoms with van der Waals surface area (Å²) in [7, 11) is 0. The van der Waals surface area contributed by atoms with Crippen LogP contribution < -0.4 is 4.90 Å². The van der Waals surface area contributed by atoms with E-state index in [9.17, 15) is 9.50 Å². The summed E-state index contributed by atoms with van der Waals surface area (Å²) >= 11 is 5.93. The van der Waals surface area contributed by atoms with Gasteiger partial charge in [-0.3, -0.25) is 0 Å². The quantitative estimate of drug-likeness (QED) is 0.853. The minimum Gasteiger partial charge on any atom is -0.388 e. The average Bonchev–Trinajstić information content (AvgIpc) is 2.48. The smallest absolute Gasteiger partial charge is 0.125 e. The van der Waals surface area contributed by atoms with Crippen LogP contribution in [0.2, 0.25) is 5.02 Å². The monoisotopic (exact) mass is 307 g/mol. The van der Waals surface area contributed by atoms with Gasteiger partial charge in [-0.2, -0.15) is 0 Å². The van der Waals surface area contributed by atoms with Crippen molar-refractivity contribution in [2.75, 3.05) is 18.0 Å². The van der Waals surface area contributed by atoms with Crippen molar-refractivity contribution < 1.29 is 9.50 Å².